The summed E-state index contributed by atoms with van der Waals surface area (Å²) in [5.41, 5.74) is 0.112. The van der Waals surface area contributed by atoms with Crippen LogP contribution in [0.25, 0.3) is 0 Å². The molecule has 2 N–H and O–H groups in total. The minimum Gasteiger partial charge on any atom is -0.322 e. The van der Waals surface area contributed by atoms with Crippen LogP contribution in [0.4, 0.5) is 14.5 Å². The fourth-order valence-corrected chi connectivity index (χ4v) is 2.00. The van der Waals surface area contributed by atoms with E-state index in [2.05, 4.69) is 10.6 Å². The van der Waals surface area contributed by atoms with Crippen molar-refractivity contribution in [2.45, 2.75) is 6.92 Å². The number of carbonyl (C=O) groups is 1. The lowest BCUT2D eigenvalue weighted by atomic mass is 10.2. The van der Waals surface area contributed by atoms with Crippen molar-refractivity contribution >= 4 is 11.6 Å². The third-order valence-electron chi connectivity index (χ3n) is 3.10. The van der Waals surface area contributed by atoms with E-state index in [1.165, 1.54) is 6.92 Å². The number of hydrogen-bond acceptors (Lipinski definition) is 3. The van der Waals surface area contributed by atoms with Gasteiger partial charge in [-0.1, -0.05) is 0 Å². The molecule has 0 aliphatic carbocycles. The van der Waals surface area contributed by atoms with Gasteiger partial charge < -0.3 is 10.6 Å². The lowest BCUT2D eigenvalue weighted by Gasteiger charge is -2.26. The second-order valence-electron chi connectivity index (χ2n) is 4.66. The topological polar surface area (TPSA) is 44.4 Å². The van der Waals surface area contributed by atoms with Crippen LogP contribution < -0.4 is 10.6 Å². The van der Waals surface area contributed by atoms with E-state index < -0.39 is 11.6 Å². The highest BCUT2D eigenvalue weighted by Crippen LogP contribution is 2.18. The molecule has 0 unspecified atom stereocenters. The fourth-order valence-electron chi connectivity index (χ4n) is 2.00. The molecule has 0 radical (unpaired) electrons. The Bertz CT molecular complexity index is 473. The second kappa shape index (κ2) is 6.08. The van der Waals surface area contributed by atoms with E-state index in [4.69, 9.17) is 0 Å². The molecular weight excluding hydrogens is 252 g/mol. The summed E-state index contributed by atoms with van der Waals surface area (Å²) in [4.78, 5) is 13.7. The molecule has 1 heterocycles. The summed E-state index contributed by atoms with van der Waals surface area (Å²) < 4.78 is 26.9. The molecule has 0 aromatic heterocycles. The monoisotopic (exact) mass is 269 g/mol. The molecule has 6 heteroatoms. The quantitative estimate of drug-likeness (QED) is 0.864. The van der Waals surface area contributed by atoms with Crippen molar-refractivity contribution in [1.82, 2.24) is 10.2 Å². The van der Waals surface area contributed by atoms with Crippen molar-refractivity contribution in [3.63, 3.8) is 0 Å². The third-order valence-corrected chi connectivity index (χ3v) is 3.10. The van der Waals surface area contributed by atoms with E-state index in [1.54, 1.807) is 0 Å². The summed E-state index contributed by atoms with van der Waals surface area (Å²) in [6, 6.07) is 2.09. The van der Waals surface area contributed by atoms with Crippen molar-refractivity contribution in [2.75, 3.05) is 38.0 Å². The first kappa shape index (κ1) is 13.9. The Morgan fingerprint density at radius 3 is 2.68 bits per heavy atom. The van der Waals surface area contributed by atoms with Crippen LogP contribution in [-0.4, -0.2) is 43.5 Å². The molecule has 0 saturated carbocycles. The minimum absolute atomic E-state index is 0.108. The number of benzene rings is 1. The molecule has 1 amide bonds. The van der Waals surface area contributed by atoms with Crippen LogP contribution in [0.5, 0.6) is 0 Å². The number of hydrogen-bond donors (Lipinski definition) is 2. The molecular formula is C13H17F2N3O. The summed E-state index contributed by atoms with van der Waals surface area (Å²) in [5.74, 6) is -1.48. The highest BCUT2D eigenvalue weighted by Gasteiger charge is 2.15. The van der Waals surface area contributed by atoms with Crippen LogP contribution in [0.3, 0.4) is 0 Å². The maximum atomic E-state index is 13.6. The average Bonchev–Trinajstić information content (AvgIpc) is 2.37. The van der Waals surface area contributed by atoms with Crippen molar-refractivity contribution < 1.29 is 13.6 Å². The van der Waals surface area contributed by atoms with Crippen LogP contribution in [-0.2, 0) is 4.79 Å². The Labute approximate surface area is 110 Å². The van der Waals surface area contributed by atoms with Gasteiger partial charge in [-0.3, -0.25) is 9.69 Å². The molecule has 1 aromatic carbocycles. The van der Waals surface area contributed by atoms with Gasteiger partial charge in [0, 0.05) is 32.2 Å². The van der Waals surface area contributed by atoms with Crippen LogP contribution >= 0.6 is 0 Å². The number of carbonyl (C=O) groups excluding carboxylic acids is 1. The Morgan fingerprint density at radius 2 is 2.00 bits per heavy atom. The number of piperazine rings is 1. The van der Waals surface area contributed by atoms with Gasteiger partial charge in [0.1, 0.15) is 11.6 Å². The van der Waals surface area contributed by atoms with Crippen LogP contribution in [0, 0.1) is 18.6 Å². The van der Waals surface area contributed by atoms with Gasteiger partial charge in [0.05, 0.1) is 12.2 Å². The molecule has 0 bridgehead atoms. The van der Waals surface area contributed by atoms with Gasteiger partial charge in [0.15, 0.2) is 0 Å². The first-order valence-corrected chi connectivity index (χ1v) is 6.25. The van der Waals surface area contributed by atoms with Crippen molar-refractivity contribution in [1.29, 1.82) is 0 Å². The molecule has 2 rings (SSSR count). The summed E-state index contributed by atoms with van der Waals surface area (Å²) in [6.45, 7) is 4.89. The van der Waals surface area contributed by atoms with Crippen LogP contribution in [0.1, 0.15) is 5.56 Å². The number of rotatable bonds is 3. The van der Waals surface area contributed by atoms with E-state index in [9.17, 15) is 13.6 Å². The van der Waals surface area contributed by atoms with Gasteiger partial charge in [-0.25, -0.2) is 8.78 Å². The molecule has 1 saturated heterocycles. The number of nitrogens with zero attached hydrogens (tertiary/aromatic N) is 1. The highest BCUT2D eigenvalue weighted by molar-refractivity contribution is 5.92. The predicted molar refractivity (Wildman–Crippen MR) is 69.0 cm³/mol. The van der Waals surface area contributed by atoms with Crippen molar-refractivity contribution in [3.8, 4) is 0 Å². The first-order valence-electron chi connectivity index (χ1n) is 6.25. The van der Waals surface area contributed by atoms with Crippen LogP contribution in [0.15, 0.2) is 12.1 Å². The van der Waals surface area contributed by atoms with Crippen LogP contribution in [0.2, 0.25) is 0 Å². The standard InChI is InChI=1S/C13H17F2N3O/c1-9-6-11(15)12(7-10(9)14)17-13(19)8-18-4-2-16-3-5-18/h6-7,16H,2-5,8H2,1H3,(H,17,19). The molecule has 1 aliphatic rings. The van der Waals surface area contributed by atoms with E-state index in [0.29, 0.717) is 0 Å². The van der Waals surface area contributed by atoms with E-state index in [-0.39, 0.29) is 23.7 Å². The fraction of sp³-hybridized carbons (Fsp3) is 0.462. The summed E-state index contributed by atoms with van der Waals surface area (Å²) in [6.07, 6.45) is 0. The number of amides is 1. The van der Waals surface area contributed by atoms with Crippen molar-refractivity contribution in [2.24, 2.45) is 0 Å². The molecule has 0 spiro atoms. The molecule has 19 heavy (non-hydrogen) atoms. The smallest absolute Gasteiger partial charge is 0.238 e. The summed E-state index contributed by atoms with van der Waals surface area (Å²) in [7, 11) is 0. The zero-order chi connectivity index (χ0) is 13.8. The number of anilines is 1. The van der Waals surface area contributed by atoms with Gasteiger partial charge in [0.2, 0.25) is 5.91 Å². The third kappa shape index (κ3) is 3.71. The molecule has 1 aliphatic heterocycles. The zero-order valence-electron chi connectivity index (χ0n) is 10.8. The SMILES string of the molecule is Cc1cc(F)c(NC(=O)CN2CCNCC2)cc1F. The Morgan fingerprint density at radius 1 is 1.32 bits per heavy atom. The number of halogens is 2. The lowest BCUT2D eigenvalue weighted by molar-refractivity contribution is -0.117. The molecule has 1 aromatic rings. The molecule has 104 valence electrons. The minimum atomic E-state index is -0.618. The Hall–Kier alpha value is -1.53. The average molecular weight is 269 g/mol. The maximum absolute atomic E-state index is 13.6. The lowest BCUT2D eigenvalue weighted by Crippen LogP contribution is -2.46. The summed E-state index contributed by atoms with van der Waals surface area (Å²) >= 11 is 0. The zero-order valence-corrected chi connectivity index (χ0v) is 10.8. The van der Waals surface area contributed by atoms with E-state index in [1.807, 2.05) is 4.90 Å². The second-order valence-corrected chi connectivity index (χ2v) is 4.66. The van der Waals surface area contributed by atoms with Gasteiger partial charge in [-0.05, 0) is 18.6 Å². The highest BCUT2D eigenvalue weighted by atomic mass is 19.1. The van der Waals surface area contributed by atoms with Crippen molar-refractivity contribution in [3.05, 3.63) is 29.3 Å². The predicted octanol–water partition coefficient (Wildman–Crippen LogP) is 1.12. The molecule has 1 fully saturated rings. The normalized spacial score (nSPS) is 16.4. The van der Waals surface area contributed by atoms with Gasteiger partial charge in [-0.15, -0.1) is 0 Å². The molecule has 4 nitrogen and oxygen atoms in total. The first-order chi connectivity index (χ1) is 9.06. The van der Waals surface area contributed by atoms with E-state index >= 15 is 0 Å². The summed E-state index contributed by atoms with van der Waals surface area (Å²) in [5, 5.41) is 5.59. The number of nitrogens with one attached hydrogen (secondary N) is 2. The van der Waals surface area contributed by atoms with Gasteiger partial charge >= 0.3 is 0 Å². The van der Waals surface area contributed by atoms with E-state index in [0.717, 1.165) is 38.3 Å². The van der Waals surface area contributed by atoms with Gasteiger partial charge in [-0.2, -0.15) is 0 Å². The maximum Gasteiger partial charge on any atom is 0.238 e. The molecule has 0 atom stereocenters. The largest absolute Gasteiger partial charge is 0.322 e. The van der Waals surface area contributed by atoms with Gasteiger partial charge in [0.25, 0.3) is 0 Å². The Balaban J connectivity index is 1.96. The number of aryl methyl sites for hydroxylation is 1. The Kier molecular flexibility index (Phi) is 4.44.